The highest BCUT2D eigenvalue weighted by atomic mass is 35.5. The number of carbonyl (C=O) groups is 1. The number of rotatable bonds is 10. The predicted molar refractivity (Wildman–Crippen MR) is 121 cm³/mol. The molecule has 1 aromatic heterocycles. The van der Waals surface area contributed by atoms with E-state index in [1.54, 1.807) is 30.3 Å². The van der Waals surface area contributed by atoms with Gasteiger partial charge in [0.1, 0.15) is 30.5 Å². The van der Waals surface area contributed by atoms with E-state index in [9.17, 15) is 4.79 Å². The van der Waals surface area contributed by atoms with Gasteiger partial charge in [0.05, 0.1) is 12.2 Å². The van der Waals surface area contributed by atoms with Crippen LogP contribution in [0, 0.1) is 0 Å². The predicted octanol–water partition coefficient (Wildman–Crippen LogP) is 4.56. The molecule has 0 atom stereocenters. The summed E-state index contributed by atoms with van der Waals surface area (Å²) in [5.74, 6) is 0.874. The summed E-state index contributed by atoms with van der Waals surface area (Å²) in [6, 6.07) is 15.7. The maximum absolute atomic E-state index is 12.9. The summed E-state index contributed by atoms with van der Waals surface area (Å²) in [5.41, 5.74) is 7.70. The standard InChI is InChI=1S/C23H24ClN3O4/c1-2-29-10-11-30-21-7-6-19(31-15-16-4-3-5-18(25)12-16)14-20(21)23(28)27-22-13-17(24)8-9-26-22/h3-9,12-14H,2,10-11,15,25H2,1H3,(H,26,27,28). The van der Waals surface area contributed by atoms with E-state index < -0.39 is 5.91 Å². The number of anilines is 2. The first-order chi connectivity index (χ1) is 15.0. The molecule has 0 aliphatic carbocycles. The van der Waals surface area contributed by atoms with Crippen molar-refractivity contribution in [3.8, 4) is 11.5 Å². The number of nitrogen functional groups attached to an aromatic ring is 1. The Balaban J connectivity index is 1.77. The number of aromatic nitrogens is 1. The van der Waals surface area contributed by atoms with E-state index in [1.807, 2.05) is 31.2 Å². The Kier molecular flexibility index (Phi) is 8.09. The summed E-state index contributed by atoms with van der Waals surface area (Å²) in [4.78, 5) is 17.0. The molecule has 2 aromatic carbocycles. The van der Waals surface area contributed by atoms with Crippen molar-refractivity contribution < 1.29 is 19.0 Å². The zero-order valence-corrected chi connectivity index (χ0v) is 17.9. The van der Waals surface area contributed by atoms with E-state index in [1.165, 1.54) is 6.20 Å². The highest BCUT2D eigenvalue weighted by Crippen LogP contribution is 2.26. The van der Waals surface area contributed by atoms with Crippen molar-refractivity contribution in [2.24, 2.45) is 0 Å². The zero-order chi connectivity index (χ0) is 22.1. The average molecular weight is 442 g/mol. The van der Waals surface area contributed by atoms with Gasteiger partial charge in [0.15, 0.2) is 0 Å². The summed E-state index contributed by atoms with van der Waals surface area (Å²) < 4.78 is 16.9. The molecule has 8 heteroatoms. The highest BCUT2D eigenvalue weighted by molar-refractivity contribution is 6.30. The molecule has 0 aliphatic rings. The molecule has 0 fully saturated rings. The SMILES string of the molecule is CCOCCOc1ccc(OCc2cccc(N)c2)cc1C(=O)Nc1cc(Cl)ccn1. The first-order valence-corrected chi connectivity index (χ1v) is 10.2. The number of benzene rings is 2. The number of pyridine rings is 1. The third-order valence-electron chi connectivity index (χ3n) is 4.21. The summed E-state index contributed by atoms with van der Waals surface area (Å²) in [6.45, 7) is 3.54. The van der Waals surface area contributed by atoms with Crippen LogP contribution >= 0.6 is 11.6 Å². The van der Waals surface area contributed by atoms with Gasteiger partial charge in [-0.3, -0.25) is 4.79 Å². The van der Waals surface area contributed by atoms with Crippen LogP contribution < -0.4 is 20.5 Å². The van der Waals surface area contributed by atoms with E-state index in [0.717, 1.165) is 5.56 Å². The van der Waals surface area contributed by atoms with E-state index in [4.69, 9.17) is 31.5 Å². The lowest BCUT2D eigenvalue weighted by molar-refractivity contribution is 0.0997. The summed E-state index contributed by atoms with van der Waals surface area (Å²) in [7, 11) is 0. The van der Waals surface area contributed by atoms with Crippen LogP contribution in [0.5, 0.6) is 11.5 Å². The van der Waals surface area contributed by atoms with Crippen molar-refractivity contribution in [2.75, 3.05) is 30.9 Å². The van der Waals surface area contributed by atoms with Crippen LogP contribution in [-0.4, -0.2) is 30.7 Å². The Hall–Kier alpha value is -3.29. The number of hydrogen-bond acceptors (Lipinski definition) is 6. The lowest BCUT2D eigenvalue weighted by Crippen LogP contribution is -2.16. The lowest BCUT2D eigenvalue weighted by atomic mass is 10.1. The van der Waals surface area contributed by atoms with Crippen molar-refractivity contribution in [1.29, 1.82) is 0 Å². The van der Waals surface area contributed by atoms with Gasteiger partial charge in [-0.05, 0) is 55.0 Å². The second-order valence-corrected chi connectivity index (χ2v) is 6.99. The Morgan fingerprint density at radius 1 is 1.10 bits per heavy atom. The van der Waals surface area contributed by atoms with Crippen molar-refractivity contribution >= 4 is 29.0 Å². The van der Waals surface area contributed by atoms with Gasteiger partial charge in [0.2, 0.25) is 0 Å². The minimum atomic E-state index is -0.393. The third kappa shape index (κ3) is 6.87. The number of nitrogens with one attached hydrogen (secondary N) is 1. The minimum Gasteiger partial charge on any atom is -0.490 e. The Morgan fingerprint density at radius 2 is 1.97 bits per heavy atom. The molecule has 0 aliphatic heterocycles. The molecule has 0 unspecified atom stereocenters. The van der Waals surface area contributed by atoms with Gasteiger partial charge in [-0.15, -0.1) is 0 Å². The number of ether oxygens (including phenoxy) is 3. The van der Waals surface area contributed by atoms with E-state index >= 15 is 0 Å². The van der Waals surface area contributed by atoms with Gasteiger partial charge in [-0.2, -0.15) is 0 Å². The number of halogens is 1. The topological polar surface area (TPSA) is 95.7 Å². The molecule has 31 heavy (non-hydrogen) atoms. The van der Waals surface area contributed by atoms with Gasteiger partial charge in [0.25, 0.3) is 5.91 Å². The molecule has 0 bridgehead atoms. The fraction of sp³-hybridized carbons (Fsp3) is 0.217. The van der Waals surface area contributed by atoms with Crippen molar-refractivity contribution in [2.45, 2.75) is 13.5 Å². The molecule has 0 saturated heterocycles. The van der Waals surface area contributed by atoms with Gasteiger partial charge >= 0.3 is 0 Å². The minimum absolute atomic E-state index is 0.309. The van der Waals surface area contributed by atoms with E-state index in [0.29, 0.717) is 60.0 Å². The molecule has 3 aromatic rings. The first-order valence-electron chi connectivity index (χ1n) is 9.80. The quantitative estimate of drug-likeness (QED) is 0.353. The largest absolute Gasteiger partial charge is 0.490 e. The maximum Gasteiger partial charge on any atom is 0.260 e. The maximum atomic E-state index is 12.9. The number of hydrogen-bond donors (Lipinski definition) is 2. The number of carbonyl (C=O) groups excluding carboxylic acids is 1. The zero-order valence-electron chi connectivity index (χ0n) is 17.1. The highest BCUT2D eigenvalue weighted by Gasteiger charge is 2.16. The molecule has 1 amide bonds. The lowest BCUT2D eigenvalue weighted by Gasteiger charge is -2.14. The molecular weight excluding hydrogens is 418 g/mol. The summed E-state index contributed by atoms with van der Waals surface area (Å²) >= 11 is 5.98. The fourth-order valence-corrected chi connectivity index (χ4v) is 2.92. The van der Waals surface area contributed by atoms with Crippen LogP contribution in [0.1, 0.15) is 22.8 Å². The van der Waals surface area contributed by atoms with Crippen LogP contribution in [0.15, 0.2) is 60.8 Å². The fourth-order valence-electron chi connectivity index (χ4n) is 2.76. The molecule has 3 rings (SSSR count). The molecule has 1 heterocycles. The van der Waals surface area contributed by atoms with Gasteiger partial charge in [0, 0.05) is 23.5 Å². The number of nitrogens with two attached hydrogens (primary N) is 1. The molecule has 162 valence electrons. The van der Waals surface area contributed by atoms with Crippen LogP contribution in [0.25, 0.3) is 0 Å². The number of nitrogens with zero attached hydrogens (tertiary/aromatic N) is 1. The molecular formula is C23H24ClN3O4. The van der Waals surface area contributed by atoms with Crippen molar-refractivity contribution in [1.82, 2.24) is 4.98 Å². The number of amides is 1. The Labute approximate surface area is 186 Å². The Bertz CT molecular complexity index is 1030. The van der Waals surface area contributed by atoms with E-state index in [2.05, 4.69) is 10.3 Å². The van der Waals surface area contributed by atoms with Crippen LogP contribution in [-0.2, 0) is 11.3 Å². The second-order valence-electron chi connectivity index (χ2n) is 6.55. The van der Waals surface area contributed by atoms with Crippen LogP contribution in [0.2, 0.25) is 5.02 Å². The molecule has 0 radical (unpaired) electrons. The van der Waals surface area contributed by atoms with Gasteiger partial charge in [-0.25, -0.2) is 4.98 Å². The Morgan fingerprint density at radius 3 is 2.74 bits per heavy atom. The van der Waals surface area contributed by atoms with Crippen molar-refractivity contribution in [3.63, 3.8) is 0 Å². The van der Waals surface area contributed by atoms with Gasteiger partial charge < -0.3 is 25.3 Å². The van der Waals surface area contributed by atoms with Gasteiger partial charge in [-0.1, -0.05) is 23.7 Å². The third-order valence-corrected chi connectivity index (χ3v) is 4.44. The van der Waals surface area contributed by atoms with Crippen LogP contribution in [0.3, 0.4) is 0 Å². The molecule has 7 nitrogen and oxygen atoms in total. The van der Waals surface area contributed by atoms with Crippen LogP contribution in [0.4, 0.5) is 11.5 Å². The molecule has 0 spiro atoms. The summed E-state index contributed by atoms with van der Waals surface area (Å²) in [5, 5.41) is 3.20. The molecule has 0 saturated carbocycles. The average Bonchev–Trinajstić information content (AvgIpc) is 2.76. The normalized spacial score (nSPS) is 10.5. The monoisotopic (exact) mass is 441 g/mol. The second kappa shape index (κ2) is 11.2. The molecule has 3 N–H and O–H groups in total. The first kappa shape index (κ1) is 22.4. The summed E-state index contributed by atoms with van der Waals surface area (Å²) in [6.07, 6.45) is 1.52. The van der Waals surface area contributed by atoms with E-state index in [-0.39, 0.29) is 0 Å². The van der Waals surface area contributed by atoms with Crippen molar-refractivity contribution in [3.05, 3.63) is 76.9 Å². The smallest absolute Gasteiger partial charge is 0.260 e.